The summed E-state index contributed by atoms with van der Waals surface area (Å²) in [6.07, 6.45) is 1.80. The van der Waals surface area contributed by atoms with Crippen LogP contribution in [0.25, 0.3) is 28.0 Å². The highest BCUT2D eigenvalue weighted by Crippen LogP contribution is 2.38. The molecule has 1 saturated heterocycles. The number of aldehydes is 1. The minimum Gasteiger partial charge on any atom is -0.444 e. The summed E-state index contributed by atoms with van der Waals surface area (Å²) >= 11 is 6.94. The minimum atomic E-state index is -0.643. The topological polar surface area (TPSA) is 134 Å². The molecule has 0 atom stereocenters. The number of rotatable bonds is 6. The van der Waals surface area contributed by atoms with Gasteiger partial charge in [0.25, 0.3) is 5.56 Å². The summed E-state index contributed by atoms with van der Waals surface area (Å²) in [5, 5.41) is 11.3. The Labute approximate surface area is 278 Å². The van der Waals surface area contributed by atoms with E-state index in [1.54, 1.807) is 35.2 Å². The van der Waals surface area contributed by atoms with Gasteiger partial charge >= 0.3 is 6.09 Å². The second-order valence-electron chi connectivity index (χ2n) is 13.1. The van der Waals surface area contributed by atoms with E-state index in [9.17, 15) is 19.6 Å². The van der Waals surface area contributed by atoms with Crippen LogP contribution in [-0.2, 0) is 4.74 Å². The molecule has 3 aromatic heterocycles. The summed E-state index contributed by atoms with van der Waals surface area (Å²) in [4.78, 5) is 57.2. The Balaban J connectivity index is 1.82. The van der Waals surface area contributed by atoms with Crippen LogP contribution in [0.4, 0.5) is 10.5 Å². The Hall–Kier alpha value is -4.82. The predicted octanol–water partition coefficient (Wildman–Crippen LogP) is 6.48. The first kappa shape index (κ1) is 33.5. The van der Waals surface area contributed by atoms with Gasteiger partial charge in [0.05, 0.1) is 33.5 Å². The number of pyridine rings is 2. The van der Waals surface area contributed by atoms with Gasteiger partial charge in [0.1, 0.15) is 29.2 Å². The monoisotopic (exact) mass is 655 g/mol. The van der Waals surface area contributed by atoms with Crippen molar-refractivity contribution in [2.24, 2.45) is 0 Å². The van der Waals surface area contributed by atoms with Crippen molar-refractivity contribution in [3.05, 3.63) is 74.6 Å². The molecule has 0 unspecified atom stereocenters. The van der Waals surface area contributed by atoms with Gasteiger partial charge in [-0.2, -0.15) is 5.26 Å². The molecule has 0 bridgehead atoms. The zero-order valence-electron chi connectivity index (χ0n) is 27.7. The zero-order valence-corrected chi connectivity index (χ0v) is 28.4. The van der Waals surface area contributed by atoms with Crippen LogP contribution in [0.3, 0.4) is 0 Å². The van der Waals surface area contributed by atoms with Crippen molar-refractivity contribution in [1.29, 1.82) is 5.26 Å². The summed E-state index contributed by atoms with van der Waals surface area (Å²) in [5.74, 6) is -0.192. The molecule has 0 radical (unpaired) electrons. The van der Waals surface area contributed by atoms with E-state index in [1.165, 1.54) is 10.9 Å². The molecule has 47 heavy (non-hydrogen) atoms. The van der Waals surface area contributed by atoms with Crippen LogP contribution in [0.15, 0.2) is 41.5 Å². The number of nitrogens with zero attached hydrogens (tertiary/aromatic N) is 7. The van der Waals surface area contributed by atoms with E-state index >= 15 is 0 Å². The molecular formula is C35H38ClN7O4. The molecule has 1 aromatic carbocycles. The molecule has 4 aromatic rings. The van der Waals surface area contributed by atoms with Crippen molar-refractivity contribution in [3.8, 4) is 23.0 Å². The van der Waals surface area contributed by atoms with Gasteiger partial charge in [-0.3, -0.25) is 14.2 Å². The van der Waals surface area contributed by atoms with Gasteiger partial charge in [0, 0.05) is 42.7 Å². The second-order valence-corrected chi connectivity index (χ2v) is 13.5. The van der Waals surface area contributed by atoms with Gasteiger partial charge in [-0.05, 0) is 38.7 Å². The van der Waals surface area contributed by atoms with E-state index in [0.29, 0.717) is 71.1 Å². The second kappa shape index (κ2) is 13.1. The summed E-state index contributed by atoms with van der Waals surface area (Å²) < 4.78 is 7.00. The molecule has 1 aliphatic rings. The predicted molar refractivity (Wildman–Crippen MR) is 182 cm³/mol. The number of carbonyl (C=O) groups is 2. The number of amides is 1. The van der Waals surface area contributed by atoms with Crippen molar-refractivity contribution < 1.29 is 14.3 Å². The molecule has 0 N–H and O–H groups in total. The van der Waals surface area contributed by atoms with Crippen LogP contribution in [0, 0.1) is 11.3 Å². The van der Waals surface area contributed by atoms with Crippen molar-refractivity contribution >= 4 is 40.7 Å². The molecule has 0 saturated carbocycles. The number of aromatic nitrogens is 4. The molecule has 4 heterocycles. The van der Waals surface area contributed by atoms with Crippen molar-refractivity contribution in [2.75, 3.05) is 31.1 Å². The molecule has 5 rings (SSSR count). The summed E-state index contributed by atoms with van der Waals surface area (Å²) in [6.45, 7) is 14.6. The normalized spacial score (nSPS) is 13.7. The third-order valence-electron chi connectivity index (χ3n) is 7.98. The van der Waals surface area contributed by atoms with Crippen molar-refractivity contribution in [2.45, 2.75) is 65.9 Å². The Morgan fingerprint density at radius 2 is 1.64 bits per heavy atom. The van der Waals surface area contributed by atoms with E-state index in [0.717, 1.165) is 6.29 Å². The Bertz CT molecular complexity index is 1940. The highest BCUT2D eigenvalue weighted by atomic mass is 35.5. The number of benzene rings is 1. The number of ether oxygens (including phenoxy) is 1. The molecule has 244 valence electrons. The molecule has 11 nitrogen and oxygen atoms in total. The Morgan fingerprint density at radius 1 is 1.02 bits per heavy atom. The maximum absolute atomic E-state index is 14.7. The molecule has 1 fully saturated rings. The first-order valence-corrected chi connectivity index (χ1v) is 16.0. The van der Waals surface area contributed by atoms with Crippen molar-refractivity contribution in [1.82, 2.24) is 24.4 Å². The van der Waals surface area contributed by atoms with E-state index in [2.05, 4.69) is 16.0 Å². The van der Waals surface area contributed by atoms with Gasteiger partial charge in [-0.25, -0.2) is 19.7 Å². The lowest BCUT2D eigenvalue weighted by Crippen LogP contribution is -2.50. The number of hydrogen-bond donors (Lipinski definition) is 0. The van der Waals surface area contributed by atoms with Gasteiger partial charge in [0.2, 0.25) is 0 Å². The molecule has 0 aliphatic carbocycles. The first-order valence-electron chi connectivity index (χ1n) is 15.6. The third-order valence-corrected chi connectivity index (χ3v) is 8.26. The number of fused-ring (bicyclic) bond motifs is 1. The van der Waals surface area contributed by atoms with Crippen LogP contribution in [-0.4, -0.2) is 68.6 Å². The number of hydrogen-bond acceptors (Lipinski definition) is 9. The Kier molecular flexibility index (Phi) is 9.36. The maximum Gasteiger partial charge on any atom is 0.410 e. The van der Waals surface area contributed by atoms with Crippen LogP contribution < -0.4 is 10.5 Å². The van der Waals surface area contributed by atoms with Crippen LogP contribution >= 0.6 is 11.6 Å². The summed E-state index contributed by atoms with van der Waals surface area (Å²) in [5.41, 5.74) is 2.24. The fourth-order valence-electron chi connectivity index (χ4n) is 5.83. The molecule has 1 aliphatic heterocycles. The highest BCUT2D eigenvalue weighted by Gasteiger charge is 2.32. The molecule has 12 heteroatoms. The molecular weight excluding hydrogens is 618 g/mol. The quantitative estimate of drug-likeness (QED) is 0.214. The Morgan fingerprint density at radius 3 is 2.19 bits per heavy atom. The number of anilines is 1. The standard InChI is InChI=1S/C35H38ClN7O4/c1-20(2)27-31(28(21(3)4)39-19-38-27)43-32-24(16-26(36)29(40-32)23-11-9-8-10-22(23)18-44)30(25(17-37)33(43)45)41-12-14-42(15-13-41)34(46)47-35(5,6)7/h8-11,16,18-21H,12-15H2,1-7H3. The lowest BCUT2D eigenvalue weighted by molar-refractivity contribution is 0.0240. The average Bonchev–Trinajstić information content (AvgIpc) is 3.03. The van der Waals surface area contributed by atoms with Gasteiger partial charge < -0.3 is 14.5 Å². The summed E-state index contributed by atoms with van der Waals surface area (Å²) in [6, 6.07) is 10.8. The van der Waals surface area contributed by atoms with Gasteiger partial charge in [-0.1, -0.05) is 63.6 Å². The number of piperazine rings is 1. The van der Waals surface area contributed by atoms with Crippen LogP contribution in [0.1, 0.15) is 87.6 Å². The largest absolute Gasteiger partial charge is 0.444 e. The van der Waals surface area contributed by atoms with Crippen molar-refractivity contribution in [3.63, 3.8) is 0 Å². The van der Waals surface area contributed by atoms with E-state index in [4.69, 9.17) is 21.3 Å². The van der Waals surface area contributed by atoms with E-state index in [1.807, 2.05) is 53.4 Å². The van der Waals surface area contributed by atoms with E-state index < -0.39 is 17.3 Å². The lowest BCUT2D eigenvalue weighted by atomic mass is 10.00. The first-order chi connectivity index (χ1) is 22.3. The SMILES string of the molecule is CC(C)c1ncnc(C(C)C)c1-n1c(=O)c(C#N)c(N2CCN(C(=O)OC(C)(C)C)CC2)c2cc(Cl)c(-c3ccccc3C=O)nc21. The number of halogens is 1. The third kappa shape index (κ3) is 6.43. The van der Waals surface area contributed by atoms with E-state index in [-0.39, 0.29) is 28.1 Å². The summed E-state index contributed by atoms with van der Waals surface area (Å²) in [7, 11) is 0. The fraction of sp³-hybridized carbons (Fsp3) is 0.400. The molecule has 0 spiro atoms. The number of carbonyl (C=O) groups excluding carboxylic acids is 2. The highest BCUT2D eigenvalue weighted by molar-refractivity contribution is 6.34. The van der Waals surface area contributed by atoms with Gasteiger partial charge in [-0.15, -0.1) is 0 Å². The van der Waals surface area contributed by atoms with Gasteiger partial charge in [0.15, 0.2) is 6.29 Å². The molecule has 1 amide bonds. The maximum atomic E-state index is 14.7. The number of nitriles is 1. The minimum absolute atomic E-state index is 0.0876. The smallest absolute Gasteiger partial charge is 0.410 e. The average molecular weight is 656 g/mol. The van der Waals surface area contributed by atoms with Crippen LogP contribution in [0.2, 0.25) is 5.02 Å². The zero-order chi connectivity index (χ0) is 34.2. The fourth-order valence-corrected chi connectivity index (χ4v) is 6.08. The lowest BCUT2D eigenvalue weighted by Gasteiger charge is -2.37. The van der Waals surface area contributed by atoms with Crippen LogP contribution in [0.5, 0.6) is 0 Å².